The van der Waals surface area contributed by atoms with E-state index in [1.165, 1.54) is 18.2 Å². The first-order valence-electron chi connectivity index (χ1n) is 9.89. The molecule has 0 heterocycles. The molecular formula is C21H25NO7. The zero-order chi connectivity index (χ0) is 21.1. The van der Waals surface area contributed by atoms with Crippen LogP contribution in [0.15, 0.2) is 18.2 Å². The molecule has 29 heavy (non-hydrogen) atoms. The van der Waals surface area contributed by atoms with Crippen molar-refractivity contribution in [3.8, 4) is 0 Å². The molecule has 0 aromatic heterocycles. The number of rotatable bonds is 7. The lowest BCUT2D eigenvalue weighted by Gasteiger charge is -2.27. The van der Waals surface area contributed by atoms with Crippen LogP contribution in [0.2, 0.25) is 0 Å². The summed E-state index contributed by atoms with van der Waals surface area (Å²) in [6.07, 6.45) is 2.36. The number of carboxylic acids is 1. The van der Waals surface area contributed by atoms with Crippen molar-refractivity contribution >= 4 is 29.5 Å². The van der Waals surface area contributed by atoms with Crippen molar-refractivity contribution in [2.24, 2.45) is 23.7 Å². The molecule has 3 rings (SSSR count). The molecule has 2 saturated carbocycles. The zero-order valence-electron chi connectivity index (χ0n) is 16.5. The molecule has 1 amide bonds. The summed E-state index contributed by atoms with van der Waals surface area (Å²) in [6.45, 7) is 3.68. The number of aliphatic carboxylic acids is 1. The van der Waals surface area contributed by atoms with E-state index >= 15 is 0 Å². The lowest BCUT2D eigenvalue weighted by Crippen LogP contribution is -2.38. The monoisotopic (exact) mass is 403 g/mol. The summed E-state index contributed by atoms with van der Waals surface area (Å²) in [5.41, 5.74) is 0.395. The van der Waals surface area contributed by atoms with Crippen molar-refractivity contribution in [2.45, 2.75) is 33.1 Å². The highest BCUT2D eigenvalue weighted by Gasteiger charge is 2.54. The Labute approximate surface area is 168 Å². The van der Waals surface area contributed by atoms with Gasteiger partial charge in [0.2, 0.25) is 5.91 Å². The summed E-state index contributed by atoms with van der Waals surface area (Å²) in [5.74, 6) is -4.01. The van der Waals surface area contributed by atoms with Crippen molar-refractivity contribution in [3.63, 3.8) is 0 Å². The first-order valence-corrected chi connectivity index (χ1v) is 9.89. The van der Waals surface area contributed by atoms with E-state index in [0.29, 0.717) is 0 Å². The van der Waals surface area contributed by atoms with Gasteiger partial charge in [-0.1, -0.05) is 0 Å². The topological polar surface area (TPSA) is 119 Å². The molecule has 0 saturated heterocycles. The van der Waals surface area contributed by atoms with E-state index in [4.69, 9.17) is 9.47 Å². The average Bonchev–Trinajstić information content (AvgIpc) is 3.29. The molecule has 2 N–H and O–H groups in total. The molecule has 1 aromatic rings. The van der Waals surface area contributed by atoms with E-state index in [1.807, 2.05) is 0 Å². The van der Waals surface area contributed by atoms with E-state index in [0.717, 1.165) is 19.3 Å². The highest BCUT2D eigenvalue weighted by atomic mass is 16.5. The average molecular weight is 403 g/mol. The summed E-state index contributed by atoms with van der Waals surface area (Å²) in [7, 11) is 0. The number of benzene rings is 1. The fourth-order valence-electron chi connectivity index (χ4n) is 4.62. The fraction of sp³-hybridized carbons (Fsp3) is 0.524. The fourth-order valence-corrected chi connectivity index (χ4v) is 4.62. The van der Waals surface area contributed by atoms with Crippen molar-refractivity contribution in [1.82, 2.24) is 0 Å². The summed E-state index contributed by atoms with van der Waals surface area (Å²) < 4.78 is 10.0. The molecule has 0 spiro atoms. The third-order valence-corrected chi connectivity index (χ3v) is 5.79. The predicted molar refractivity (Wildman–Crippen MR) is 102 cm³/mol. The van der Waals surface area contributed by atoms with Gasteiger partial charge in [-0.3, -0.25) is 9.59 Å². The van der Waals surface area contributed by atoms with E-state index in [1.54, 1.807) is 13.8 Å². The van der Waals surface area contributed by atoms with Crippen LogP contribution < -0.4 is 5.32 Å². The first-order chi connectivity index (χ1) is 13.9. The van der Waals surface area contributed by atoms with Crippen LogP contribution in [0.5, 0.6) is 0 Å². The highest BCUT2D eigenvalue weighted by Crippen LogP contribution is 2.52. The number of hydrogen-bond donors (Lipinski definition) is 2. The Hall–Kier alpha value is -2.90. The maximum absolute atomic E-state index is 13.0. The van der Waals surface area contributed by atoms with Gasteiger partial charge in [0, 0.05) is 0 Å². The Kier molecular flexibility index (Phi) is 6.20. The third kappa shape index (κ3) is 4.11. The second kappa shape index (κ2) is 8.63. The largest absolute Gasteiger partial charge is 0.481 e. The lowest BCUT2D eigenvalue weighted by molar-refractivity contribution is -0.148. The van der Waals surface area contributed by atoms with Crippen LogP contribution in [0.25, 0.3) is 0 Å². The minimum Gasteiger partial charge on any atom is -0.481 e. The summed E-state index contributed by atoms with van der Waals surface area (Å²) in [6, 6.07) is 4.19. The van der Waals surface area contributed by atoms with E-state index < -0.39 is 35.7 Å². The first kappa shape index (κ1) is 20.8. The number of nitrogens with one attached hydrogen (secondary N) is 1. The molecule has 1 aromatic carbocycles. The van der Waals surface area contributed by atoms with Crippen molar-refractivity contribution in [3.05, 3.63) is 29.3 Å². The molecule has 0 aliphatic heterocycles. The van der Waals surface area contributed by atoms with Gasteiger partial charge in [-0.05, 0) is 63.1 Å². The van der Waals surface area contributed by atoms with Crippen LogP contribution in [0.1, 0.15) is 53.8 Å². The van der Waals surface area contributed by atoms with Gasteiger partial charge in [0.05, 0.1) is 41.9 Å². The molecule has 156 valence electrons. The van der Waals surface area contributed by atoms with Gasteiger partial charge in [0.1, 0.15) is 0 Å². The number of anilines is 1. The number of carboxylic acid groups (broad SMARTS) is 1. The summed E-state index contributed by atoms with van der Waals surface area (Å²) in [4.78, 5) is 49.1. The number of carbonyl (C=O) groups is 4. The summed E-state index contributed by atoms with van der Waals surface area (Å²) >= 11 is 0. The molecule has 2 bridgehead atoms. The molecule has 2 aliphatic carbocycles. The van der Waals surface area contributed by atoms with Gasteiger partial charge >= 0.3 is 17.9 Å². The van der Waals surface area contributed by atoms with Crippen LogP contribution in [0.3, 0.4) is 0 Å². The summed E-state index contributed by atoms with van der Waals surface area (Å²) in [5, 5.41) is 12.3. The second-order valence-electron chi connectivity index (χ2n) is 7.41. The second-order valence-corrected chi connectivity index (χ2v) is 7.41. The molecule has 8 nitrogen and oxygen atoms in total. The van der Waals surface area contributed by atoms with Gasteiger partial charge in [0.25, 0.3) is 0 Å². The van der Waals surface area contributed by atoms with Crippen molar-refractivity contribution in [1.29, 1.82) is 0 Å². The van der Waals surface area contributed by atoms with Gasteiger partial charge in [0.15, 0.2) is 0 Å². The Morgan fingerprint density at radius 3 is 2.24 bits per heavy atom. The van der Waals surface area contributed by atoms with Crippen molar-refractivity contribution < 1.29 is 33.8 Å². The number of fused-ring (bicyclic) bond motifs is 2. The maximum atomic E-state index is 13.0. The number of carbonyl (C=O) groups excluding carboxylic acids is 3. The third-order valence-electron chi connectivity index (χ3n) is 5.79. The standard InChI is InChI=1S/C21H25NO7/c1-3-28-20(26)13-7-8-14(21(27)29-4-2)15(10-13)22-18(23)16-11-5-6-12(9-11)17(16)19(24)25/h7-8,10-12,16-17H,3-6,9H2,1-2H3,(H,22,23)(H,24,25)/t11-,12-,16+,17-/m0/s1. The Morgan fingerprint density at radius 2 is 1.62 bits per heavy atom. The maximum Gasteiger partial charge on any atom is 0.340 e. The molecule has 2 aliphatic rings. The molecule has 2 fully saturated rings. The minimum absolute atomic E-state index is 0.00337. The van der Waals surface area contributed by atoms with Crippen LogP contribution in [0, 0.1) is 23.7 Å². The number of amides is 1. The van der Waals surface area contributed by atoms with Crippen LogP contribution in [-0.2, 0) is 19.1 Å². The zero-order valence-corrected chi connectivity index (χ0v) is 16.5. The Balaban J connectivity index is 1.90. The SMILES string of the molecule is CCOC(=O)c1ccc(C(=O)OCC)c(NC(=O)[C@@H]2[C@H]3CC[C@@H](C3)[C@@H]2C(=O)O)c1. The Bertz CT molecular complexity index is 834. The number of esters is 2. The van der Waals surface area contributed by atoms with Gasteiger partial charge in [-0.2, -0.15) is 0 Å². The van der Waals surface area contributed by atoms with Crippen molar-refractivity contribution in [2.75, 3.05) is 18.5 Å². The molecule has 8 heteroatoms. The number of ether oxygens (including phenoxy) is 2. The van der Waals surface area contributed by atoms with Gasteiger partial charge in [-0.15, -0.1) is 0 Å². The normalized spacial score (nSPS) is 24.8. The Morgan fingerprint density at radius 1 is 1.00 bits per heavy atom. The molecule has 0 radical (unpaired) electrons. The highest BCUT2D eigenvalue weighted by molar-refractivity contribution is 6.04. The van der Waals surface area contributed by atoms with E-state index in [-0.39, 0.29) is 41.9 Å². The van der Waals surface area contributed by atoms with E-state index in [2.05, 4.69) is 5.32 Å². The van der Waals surface area contributed by atoms with Crippen LogP contribution >= 0.6 is 0 Å². The molecule has 4 atom stereocenters. The quantitative estimate of drug-likeness (QED) is 0.672. The molecular weight excluding hydrogens is 378 g/mol. The van der Waals surface area contributed by atoms with Gasteiger partial charge in [-0.25, -0.2) is 9.59 Å². The minimum atomic E-state index is -0.969. The predicted octanol–water partition coefficient (Wildman–Crippen LogP) is 2.73. The van der Waals surface area contributed by atoms with E-state index in [9.17, 15) is 24.3 Å². The number of hydrogen-bond acceptors (Lipinski definition) is 6. The smallest absolute Gasteiger partial charge is 0.340 e. The van der Waals surface area contributed by atoms with Gasteiger partial charge < -0.3 is 19.9 Å². The lowest BCUT2D eigenvalue weighted by atomic mass is 9.78. The molecule has 0 unspecified atom stereocenters. The van der Waals surface area contributed by atoms with Crippen LogP contribution in [-0.4, -0.2) is 42.1 Å². The van der Waals surface area contributed by atoms with Crippen LogP contribution in [0.4, 0.5) is 5.69 Å².